The summed E-state index contributed by atoms with van der Waals surface area (Å²) in [5.41, 5.74) is 6.59. The zero-order chi connectivity index (χ0) is 14.0. The molecule has 0 heterocycles. The first-order valence-electron chi connectivity index (χ1n) is 6.19. The maximum absolute atomic E-state index is 11.6. The van der Waals surface area contributed by atoms with E-state index in [0.29, 0.717) is 12.8 Å². The lowest BCUT2D eigenvalue weighted by Crippen LogP contribution is -2.61. The number of aryl methyl sites for hydroxylation is 1. The number of esters is 1. The van der Waals surface area contributed by atoms with Gasteiger partial charge >= 0.3 is 5.97 Å². The highest BCUT2D eigenvalue weighted by atomic mass is 16.5. The van der Waals surface area contributed by atoms with Crippen LogP contribution in [0.3, 0.4) is 0 Å². The number of nitrogens with one attached hydrogen (secondary N) is 1. The Kier molecular flexibility index (Phi) is 3.46. The monoisotopic (exact) mass is 262 g/mol. The zero-order valence-electron chi connectivity index (χ0n) is 11.1. The number of benzene rings is 1. The van der Waals surface area contributed by atoms with Gasteiger partial charge in [-0.3, -0.25) is 9.59 Å². The van der Waals surface area contributed by atoms with Gasteiger partial charge in [-0.15, -0.1) is 0 Å². The second-order valence-electron chi connectivity index (χ2n) is 5.07. The molecule has 0 saturated heterocycles. The fourth-order valence-corrected chi connectivity index (χ4v) is 2.39. The quantitative estimate of drug-likeness (QED) is 0.799. The second-order valence-corrected chi connectivity index (χ2v) is 5.07. The minimum Gasteiger partial charge on any atom is -0.469 e. The molecule has 1 fully saturated rings. The van der Waals surface area contributed by atoms with Gasteiger partial charge in [0.05, 0.1) is 13.0 Å². The van der Waals surface area contributed by atoms with Crippen molar-refractivity contribution in [2.75, 3.05) is 12.4 Å². The molecule has 0 unspecified atom stereocenters. The fraction of sp³-hybridized carbons (Fsp3) is 0.429. The first-order chi connectivity index (χ1) is 8.97. The van der Waals surface area contributed by atoms with Gasteiger partial charge in [0.2, 0.25) is 5.91 Å². The lowest BCUT2D eigenvalue weighted by atomic mass is 9.67. The van der Waals surface area contributed by atoms with Crippen molar-refractivity contribution in [3.05, 3.63) is 29.8 Å². The summed E-state index contributed by atoms with van der Waals surface area (Å²) >= 11 is 0. The predicted molar refractivity (Wildman–Crippen MR) is 71.5 cm³/mol. The first kappa shape index (κ1) is 13.4. The van der Waals surface area contributed by atoms with Crippen LogP contribution in [-0.4, -0.2) is 24.5 Å². The Hall–Kier alpha value is -2.04. The molecule has 0 radical (unpaired) electrons. The number of carbonyl (C=O) groups excluding carboxylic acids is 2. The number of methoxy groups -OCH3 is 1. The van der Waals surface area contributed by atoms with Gasteiger partial charge in [0.1, 0.15) is 5.54 Å². The smallest absolute Gasteiger partial charge is 0.308 e. The molecular weight excluding hydrogens is 244 g/mol. The minimum atomic E-state index is -0.839. The normalized spacial score (nSPS) is 25.3. The van der Waals surface area contributed by atoms with Crippen molar-refractivity contribution in [3.8, 4) is 0 Å². The van der Waals surface area contributed by atoms with Gasteiger partial charge in [0, 0.05) is 5.69 Å². The highest BCUT2D eigenvalue weighted by Crippen LogP contribution is 2.41. The average Bonchev–Trinajstić information content (AvgIpc) is 2.34. The fourth-order valence-electron chi connectivity index (χ4n) is 2.39. The van der Waals surface area contributed by atoms with Gasteiger partial charge < -0.3 is 15.8 Å². The molecule has 2 rings (SSSR count). The number of amides is 1. The first-order valence-corrected chi connectivity index (χ1v) is 6.19. The number of carbonyl (C=O) groups is 2. The van der Waals surface area contributed by atoms with Crippen molar-refractivity contribution < 1.29 is 14.3 Å². The van der Waals surface area contributed by atoms with Gasteiger partial charge in [-0.1, -0.05) is 17.7 Å². The Balaban J connectivity index is 2.09. The summed E-state index contributed by atoms with van der Waals surface area (Å²) in [4.78, 5) is 23.0. The Morgan fingerprint density at radius 2 is 1.89 bits per heavy atom. The van der Waals surface area contributed by atoms with E-state index in [2.05, 4.69) is 10.1 Å². The summed E-state index contributed by atoms with van der Waals surface area (Å²) in [6.45, 7) is 1.99. The van der Waals surface area contributed by atoms with Gasteiger partial charge in [0.25, 0.3) is 0 Å². The van der Waals surface area contributed by atoms with Crippen molar-refractivity contribution in [2.45, 2.75) is 25.3 Å². The van der Waals surface area contributed by atoms with E-state index in [0.717, 1.165) is 11.3 Å². The number of hydrogen-bond donors (Lipinski definition) is 2. The highest BCUT2D eigenvalue weighted by molar-refractivity contribution is 5.92. The van der Waals surface area contributed by atoms with E-state index < -0.39 is 11.4 Å². The Morgan fingerprint density at radius 1 is 1.32 bits per heavy atom. The SMILES string of the molecule is COC(=O)C1CC(Nc2ccc(C)cc2)(C(N)=O)C1. The molecule has 0 atom stereocenters. The summed E-state index contributed by atoms with van der Waals surface area (Å²) in [6, 6.07) is 7.69. The van der Waals surface area contributed by atoms with Crippen LogP contribution in [0.2, 0.25) is 0 Å². The molecule has 0 bridgehead atoms. The second kappa shape index (κ2) is 4.91. The van der Waals surface area contributed by atoms with Crippen LogP contribution in [-0.2, 0) is 14.3 Å². The van der Waals surface area contributed by atoms with Crippen LogP contribution in [0.5, 0.6) is 0 Å². The van der Waals surface area contributed by atoms with Crippen molar-refractivity contribution in [2.24, 2.45) is 11.7 Å². The Morgan fingerprint density at radius 3 is 2.37 bits per heavy atom. The number of rotatable bonds is 4. The van der Waals surface area contributed by atoms with Crippen molar-refractivity contribution in [3.63, 3.8) is 0 Å². The molecule has 0 spiro atoms. The predicted octanol–water partition coefficient (Wildman–Crippen LogP) is 1.21. The highest BCUT2D eigenvalue weighted by Gasteiger charge is 2.52. The topological polar surface area (TPSA) is 81.4 Å². The van der Waals surface area contributed by atoms with Gasteiger partial charge in [-0.2, -0.15) is 0 Å². The lowest BCUT2D eigenvalue weighted by molar-refractivity contribution is -0.152. The number of nitrogens with two attached hydrogens (primary N) is 1. The van der Waals surface area contributed by atoms with Crippen LogP contribution in [0.1, 0.15) is 18.4 Å². The molecule has 0 aromatic heterocycles. The van der Waals surface area contributed by atoms with E-state index in [4.69, 9.17) is 5.73 Å². The molecule has 1 aliphatic rings. The van der Waals surface area contributed by atoms with E-state index in [1.54, 1.807) is 0 Å². The van der Waals surface area contributed by atoms with Crippen LogP contribution in [0.25, 0.3) is 0 Å². The molecule has 1 aromatic rings. The van der Waals surface area contributed by atoms with Crippen LogP contribution in [0.4, 0.5) is 5.69 Å². The number of hydrogen-bond acceptors (Lipinski definition) is 4. The summed E-state index contributed by atoms with van der Waals surface area (Å²) in [5.74, 6) is -0.980. The van der Waals surface area contributed by atoms with Crippen LogP contribution >= 0.6 is 0 Å². The molecule has 19 heavy (non-hydrogen) atoms. The Bertz CT molecular complexity index is 490. The maximum atomic E-state index is 11.6. The van der Waals surface area contributed by atoms with Crippen LogP contribution in [0.15, 0.2) is 24.3 Å². The van der Waals surface area contributed by atoms with Crippen LogP contribution in [0, 0.1) is 12.8 Å². The average molecular weight is 262 g/mol. The summed E-state index contributed by atoms with van der Waals surface area (Å²) < 4.78 is 4.67. The van der Waals surface area contributed by atoms with E-state index >= 15 is 0 Å². The maximum Gasteiger partial charge on any atom is 0.308 e. The summed E-state index contributed by atoms with van der Waals surface area (Å²) in [5, 5.41) is 3.15. The van der Waals surface area contributed by atoms with E-state index in [-0.39, 0.29) is 11.9 Å². The molecular formula is C14H18N2O3. The number of ether oxygens (including phenoxy) is 1. The molecule has 5 nitrogen and oxygen atoms in total. The molecule has 102 valence electrons. The molecule has 3 N–H and O–H groups in total. The van der Waals surface area contributed by atoms with E-state index in [1.165, 1.54) is 7.11 Å². The molecule has 1 amide bonds. The minimum absolute atomic E-state index is 0.254. The summed E-state index contributed by atoms with van der Waals surface area (Å²) in [6.07, 6.45) is 0.756. The van der Waals surface area contributed by atoms with Crippen LogP contribution < -0.4 is 11.1 Å². The zero-order valence-corrected chi connectivity index (χ0v) is 11.1. The van der Waals surface area contributed by atoms with Gasteiger partial charge in [-0.25, -0.2) is 0 Å². The van der Waals surface area contributed by atoms with Crippen molar-refractivity contribution in [1.29, 1.82) is 0 Å². The third-order valence-electron chi connectivity index (χ3n) is 3.63. The lowest BCUT2D eigenvalue weighted by Gasteiger charge is -2.44. The molecule has 1 aromatic carbocycles. The molecule has 0 aliphatic heterocycles. The van der Waals surface area contributed by atoms with Gasteiger partial charge in [-0.05, 0) is 31.9 Å². The number of anilines is 1. The van der Waals surface area contributed by atoms with Gasteiger partial charge in [0.15, 0.2) is 0 Å². The van der Waals surface area contributed by atoms with E-state index in [9.17, 15) is 9.59 Å². The molecule has 1 saturated carbocycles. The third-order valence-corrected chi connectivity index (χ3v) is 3.63. The van der Waals surface area contributed by atoms with Crippen molar-refractivity contribution >= 4 is 17.6 Å². The van der Waals surface area contributed by atoms with Crippen molar-refractivity contribution in [1.82, 2.24) is 0 Å². The largest absolute Gasteiger partial charge is 0.469 e. The number of primary amides is 1. The Labute approximate surface area is 112 Å². The van der Waals surface area contributed by atoms with E-state index in [1.807, 2.05) is 31.2 Å². The third kappa shape index (κ3) is 2.54. The summed E-state index contributed by atoms with van der Waals surface area (Å²) in [7, 11) is 1.35. The standard InChI is InChI=1S/C14H18N2O3/c1-9-3-5-11(6-4-9)16-14(13(15)18)7-10(8-14)12(17)19-2/h3-6,10,16H,7-8H2,1-2H3,(H2,15,18). The molecule has 1 aliphatic carbocycles. The molecule has 5 heteroatoms.